The fraction of sp³-hybridized carbons (Fsp3) is 0.231. The molecule has 1 aromatic carbocycles. The predicted octanol–water partition coefficient (Wildman–Crippen LogP) is 4.07. The molecule has 0 saturated carbocycles. The molecule has 2 nitrogen and oxygen atoms in total. The lowest BCUT2D eigenvalue weighted by Gasteiger charge is -2.08. The molecule has 0 saturated heterocycles. The third-order valence-electron chi connectivity index (χ3n) is 2.48. The maximum atomic E-state index is 13.1. The van der Waals surface area contributed by atoms with Crippen molar-refractivity contribution >= 4 is 12.2 Å². The van der Waals surface area contributed by atoms with Gasteiger partial charge in [-0.3, -0.25) is 0 Å². The van der Waals surface area contributed by atoms with Crippen molar-refractivity contribution in [3.8, 4) is 11.4 Å². The average Bonchev–Trinajstić information content (AvgIpc) is 2.28. The van der Waals surface area contributed by atoms with Crippen LogP contribution in [0.1, 0.15) is 25.5 Å². The second-order valence-corrected chi connectivity index (χ2v) is 4.61. The van der Waals surface area contributed by atoms with E-state index >= 15 is 0 Å². The van der Waals surface area contributed by atoms with E-state index in [0.29, 0.717) is 21.9 Å². The third-order valence-corrected chi connectivity index (χ3v) is 2.69. The minimum absolute atomic E-state index is 0.279. The Morgan fingerprint density at radius 3 is 2.71 bits per heavy atom. The van der Waals surface area contributed by atoms with Crippen LogP contribution in [0.25, 0.3) is 11.4 Å². The van der Waals surface area contributed by atoms with Gasteiger partial charge in [0, 0.05) is 11.3 Å². The zero-order valence-corrected chi connectivity index (χ0v) is 10.5. The van der Waals surface area contributed by atoms with Crippen LogP contribution in [0.5, 0.6) is 0 Å². The highest BCUT2D eigenvalue weighted by Gasteiger charge is 2.05. The van der Waals surface area contributed by atoms with Crippen molar-refractivity contribution in [1.29, 1.82) is 0 Å². The Morgan fingerprint density at radius 1 is 1.29 bits per heavy atom. The molecule has 2 rings (SSSR count). The van der Waals surface area contributed by atoms with E-state index in [1.807, 2.05) is 6.07 Å². The van der Waals surface area contributed by atoms with Gasteiger partial charge in [0.05, 0.1) is 0 Å². The van der Waals surface area contributed by atoms with Crippen LogP contribution in [0.4, 0.5) is 4.39 Å². The van der Waals surface area contributed by atoms with Crippen LogP contribution in [0.15, 0.2) is 30.3 Å². The van der Waals surface area contributed by atoms with Crippen LogP contribution in [-0.4, -0.2) is 9.97 Å². The molecule has 0 atom stereocenters. The molecule has 88 valence electrons. The first-order valence-corrected chi connectivity index (χ1v) is 5.84. The van der Waals surface area contributed by atoms with E-state index in [4.69, 9.17) is 12.2 Å². The quantitative estimate of drug-likeness (QED) is 0.812. The lowest BCUT2D eigenvalue weighted by molar-refractivity contribution is 0.628. The number of rotatable bonds is 2. The number of benzene rings is 1. The number of aromatic amines is 1. The van der Waals surface area contributed by atoms with Crippen molar-refractivity contribution in [3.05, 3.63) is 46.5 Å². The molecule has 0 aliphatic carbocycles. The average molecular weight is 248 g/mol. The van der Waals surface area contributed by atoms with E-state index in [-0.39, 0.29) is 5.82 Å². The van der Waals surface area contributed by atoms with Crippen molar-refractivity contribution in [2.45, 2.75) is 19.8 Å². The largest absolute Gasteiger partial charge is 0.343 e. The van der Waals surface area contributed by atoms with Gasteiger partial charge in [0.15, 0.2) is 0 Å². The Balaban J connectivity index is 2.56. The molecule has 0 unspecified atom stereocenters. The molecule has 4 heteroatoms. The van der Waals surface area contributed by atoms with Crippen LogP contribution < -0.4 is 0 Å². The van der Waals surface area contributed by atoms with Crippen molar-refractivity contribution in [3.63, 3.8) is 0 Å². The van der Waals surface area contributed by atoms with Gasteiger partial charge in [-0.05, 0) is 24.1 Å². The second kappa shape index (κ2) is 4.75. The van der Waals surface area contributed by atoms with Gasteiger partial charge >= 0.3 is 0 Å². The van der Waals surface area contributed by atoms with Gasteiger partial charge in [0.1, 0.15) is 16.3 Å². The van der Waals surface area contributed by atoms with E-state index < -0.39 is 0 Å². The molecular weight excluding hydrogens is 235 g/mol. The summed E-state index contributed by atoms with van der Waals surface area (Å²) in [5.41, 5.74) is 1.71. The molecule has 0 aliphatic rings. The van der Waals surface area contributed by atoms with Gasteiger partial charge in [-0.25, -0.2) is 9.37 Å². The first-order chi connectivity index (χ1) is 8.06. The van der Waals surface area contributed by atoms with Gasteiger partial charge in [0.2, 0.25) is 0 Å². The summed E-state index contributed by atoms with van der Waals surface area (Å²) in [6, 6.07) is 8.15. The Labute approximate surface area is 105 Å². The molecule has 2 aromatic rings. The summed E-state index contributed by atoms with van der Waals surface area (Å²) in [6.07, 6.45) is 0. The van der Waals surface area contributed by atoms with E-state index in [2.05, 4.69) is 23.8 Å². The van der Waals surface area contributed by atoms with Gasteiger partial charge < -0.3 is 4.98 Å². The monoisotopic (exact) mass is 248 g/mol. The highest BCUT2D eigenvalue weighted by atomic mass is 32.1. The molecule has 0 radical (unpaired) electrons. The highest BCUT2D eigenvalue weighted by Crippen LogP contribution is 2.19. The predicted molar refractivity (Wildman–Crippen MR) is 68.9 cm³/mol. The third kappa shape index (κ3) is 2.77. The van der Waals surface area contributed by atoms with Crippen molar-refractivity contribution in [2.24, 2.45) is 0 Å². The van der Waals surface area contributed by atoms with Crippen LogP contribution in [0.3, 0.4) is 0 Å². The topological polar surface area (TPSA) is 28.7 Å². The second-order valence-electron chi connectivity index (χ2n) is 4.19. The van der Waals surface area contributed by atoms with Crippen LogP contribution in [-0.2, 0) is 0 Å². The number of aromatic nitrogens is 2. The summed E-state index contributed by atoms with van der Waals surface area (Å²) in [4.78, 5) is 7.40. The fourth-order valence-corrected chi connectivity index (χ4v) is 1.78. The standard InChI is InChI=1S/C13H13FN2S/c1-8(2)11-7-12(17)16-13(15-11)9-4-3-5-10(14)6-9/h3-8H,1-2H3,(H,15,16,17). The maximum Gasteiger partial charge on any atom is 0.139 e. The van der Waals surface area contributed by atoms with Crippen molar-refractivity contribution < 1.29 is 4.39 Å². The molecule has 1 heterocycles. The molecule has 0 spiro atoms. The number of hydrogen-bond donors (Lipinski definition) is 1. The molecular formula is C13H13FN2S. The molecule has 0 fully saturated rings. The number of halogens is 1. The highest BCUT2D eigenvalue weighted by molar-refractivity contribution is 7.71. The van der Waals surface area contributed by atoms with Crippen LogP contribution in [0, 0.1) is 10.5 Å². The number of hydrogen-bond acceptors (Lipinski definition) is 2. The van der Waals surface area contributed by atoms with Crippen molar-refractivity contribution in [2.75, 3.05) is 0 Å². The first kappa shape index (κ1) is 11.9. The lowest BCUT2D eigenvalue weighted by atomic mass is 10.1. The maximum absolute atomic E-state index is 13.1. The normalized spacial score (nSPS) is 10.8. The Morgan fingerprint density at radius 2 is 2.06 bits per heavy atom. The van der Waals surface area contributed by atoms with E-state index in [0.717, 1.165) is 5.69 Å². The number of nitrogens with zero attached hydrogens (tertiary/aromatic N) is 1. The van der Waals surface area contributed by atoms with Crippen molar-refractivity contribution in [1.82, 2.24) is 9.97 Å². The Kier molecular flexibility index (Phi) is 3.33. The van der Waals surface area contributed by atoms with E-state index in [9.17, 15) is 4.39 Å². The summed E-state index contributed by atoms with van der Waals surface area (Å²) in [7, 11) is 0. The van der Waals surface area contributed by atoms with E-state index in [1.165, 1.54) is 12.1 Å². The summed E-state index contributed by atoms with van der Waals surface area (Å²) >= 11 is 5.11. The minimum atomic E-state index is -0.279. The molecule has 0 aliphatic heterocycles. The fourth-order valence-electron chi connectivity index (χ4n) is 1.56. The van der Waals surface area contributed by atoms with Crippen LogP contribution in [0.2, 0.25) is 0 Å². The number of H-pyrrole nitrogens is 1. The zero-order chi connectivity index (χ0) is 12.4. The van der Waals surface area contributed by atoms with Crippen LogP contribution >= 0.6 is 12.2 Å². The Bertz CT molecular complexity index is 590. The van der Waals surface area contributed by atoms with Gasteiger partial charge in [-0.15, -0.1) is 0 Å². The van der Waals surface area contributed by atoms with E-state index in [1.54, 1.807) is 12.1 Å². The summed E-state index contributed by atoms with van der Waals surface area (Å²) < 4.78 is 13.7. The SMILES string of the molecule is CC(C)c1cc(=S)nc(-c2cccc(F)c2)[nH]1. The summed E-state index contributed by atoms with van der Waals surface area (Å²) in [5, 5.41) is 0. The lowest BCUT2D eigenvalue weighted by Crippen LogP contribution is -1.98. The van der Waals surface area contributed by atoms with Gasteiger partial charge in [-0.2, -0.15) is 0 Å². The zero-order valence-electron chi connectivity index (χ0n) is 9.70. The Hall–Kier alpha value is -1.55. The summed E-state index contributed by atoms with van der Waals surface area (Å²) in [6.45, 7) is 4.13. The molecule has 17 heavy (non-hydrogen) atoms. The minimum Gasteiger partial charge on any atom is -0.343 e. The molecule has 0 amide bonds. The smallest absolute Gasteiger partial charge is 0.139 e. The van der Waals surface area contributed by atoms with Gasteiger partial charge in [0.25, 0.3) is 0 Å². The van der Waals surface area contributed by atoms with Gasteiger partial charge in [-0.1, -0.05) is 38.2 Å². The first-order valence-electron chi connectivity index (χ1n) is 5.43. The molecule has 1 N–H and O–H groups in total. The number of nitrogens with one attached hydrogen (secondary N) is 1. The summed E-state index contributed by atoms with van der Waals surface area (Å²) in [5.74, 6) is 0.659. The molecule has 1 aromatic heterocycles. The molecule has 0 bridgehead atoms.